The van der Waals surface area contributed by atoms with E-state index in [1.54, 1.807) is 0 Å². The van der Waals surface area contributed by atoms with E-state index in [0.717, 1.165) is 114 Å². The summed E-state index contributed by atoms with van der Waals surface area (Å²) in [7, 11) is 2.65. The summed E-state index contributed by atoms with van der Waals surface area (Å²) in [5.41, 5.74) is 5.93. The number of benzene rings is 3. The van der Waals surface area contributed by atoms with Gasteiger partial charge in [-0.3, -0.25) is 9.59 Å². The van der Waals surface area contributed by atoms with Crippen LogP contribution >= 0.6 is 0 Å². The quantitative estimate of drug-likeness (QED) is 0.102. The molecule has 4 aliphatic rings. The van der Waals surface area contributed by atoms with Crippen LogP contribution in [0.15, 0.2) is 73.1 Å². The number of carbonyl (C=O) groups excluding carboxylic acids is 4. The molecular weight excluding hydrogens is 813 g/mol. The molecule has 5 aromatic rings. The van der Waals surface area contributed by atoms with Crippen molar-refractivity contribution in [1.82, 2.24) is 40.4 Å². The first-order chi connectivity index (χ1) is 31.3. The van der Waals surface area contributed by atoms with Gasteiger partial charge in [-0.2, -0.15) is 0 Å². The third kappa shape index (κ3) is 9.08. The van der Waals surface area contributed by atoms with Gasteiger partial charge in [0.25, 0.3) is 0 Å². The Balaban J connectivity index is 0.862. The second kappa shape index (κ2) is 19.3. The number of alkyl carbamates (subject to hydrolysis) is 2. The number of hydrogen-bond acceptors (Lipinski definition) is 9. The maximum absolute atomic E-state index is 14.1. The average Bonchev–Trinajstić information content (AvgIpc) is 4.20. The Morgan fingerprint density at radius 3 is 1.61 bits per heavy atom. The largest absolute Gasteiger partial charge is 0.453 e. The number of likely N-dealkylation sites (tertiary alicyclic amines) is 2. The average molecular weight is 871 g/mol. The van der Waals surface area contributed by atoms with Crippen LogP contribution in [0.25, 0.3) is 44.4 Å². The van der Waals surface area contributed by atoms with Crippen molar-refractivity contribution in [3.05, 3.63) is 84.7 Å². The van der Waals surface area contributed by atoms with E-state index in [1.807, 2.05) is 22.2 Å². The lowest BCUT2D eigenvalue weighted by Gasteiger charge is -2.34. The topological polar surface area (TPSA) is 184 Å². The van der Waals surface area contributed by atoms with Crippen LogP contribution in [0.4, 0.5) is 9.59 Å². The van der Waals surface area contributed by atoms with Gasteiger partial charge in [-0.1, -0.05) is 67.8 Å². The summed E-state index contributed by atoms with van der Waals surface area (Å²) in [5.74, 6) is 1.39. The summed E-state index contributed by atoms with van der Waals surface area (Å²) >= 11 is 0. The molecule has 5 heterocycles. The van der Waals surface area contributed by atoms with Crippen molar-refractivity contribution in [2.24, 2.45) is 11.8 Å². The number of aromatic amines is 2. The van der Waals surface area contributed by atoms with Crippen LogP contribution in [-0.2, 0) is 23.8 Å². The van der Waals surface area contributed by atoms with Crippen molar-refractivity contribution >= 4 is 34.8 Å². The Hall–Kier alpha value is -6.22. The fourth-order valence-corrected chi connectivity index (χ4v) is 10.4. The summed E-state index contributed by atoms with van der Waals surface area (Å²) in [6, 6.07) is 19.5. The molecule has 0 radical (unpaired) electrons. The van der Waals surface area contributed by atoms with E-state index in [2.05, 4.69) is 81.3 Å². The molecule has 1 saturated carbocycles. The maximum atomic E-state index is 14.1. The van der Waals surface area contributed by atoms with Gasteiger partial charge in [0.1, 0.15) is 23.7 Å². The minimum atomic E-state index is -0.682. The number of ether oxygens (including phenoxy) is 3. The number of nitrogens with one attached hydrogen (secondary N) is 4. The van der Waals surface area contributed by atoms with Crippen molar-refractivity contribution in [1.29, 1.82) is 0 Å². The SMILES string of the molecule is COC(=O)NC(C(=O)N1CCC[C@H]1c1ncc(-c2ccc(-c3ccc4cc(-c5cnc([C@@H]6CCCN6C(=O)[C@@H](NC(=O)OC)C6CCCCC6)[nH]5)ccc4c3)cc2)[nH]1)C1CCOCC1. The van der Waals surface area contributed by atoms with Crippen LogP contribution in [0.1, 0.15) is 94.4 Å². The molecule has 1 aliphatic carbocycles. The van der Waals surface area contributed by atoms with Crippen LogP contribution in [0, 0.1) is 11.8 Å². The zero-order valence-corrected chi connectivity index (χ0v) is 36.6. The summed E-state index contributed by atoms with van der Waals surface area (Å²) in [5, 5.41) is 7.90. The maximum Gasteiger partial charge on any atom is 0.407 e. The predicted molar refractivity (Wildman–Crippen MR) is 241 cm³/mol. The molecule has 4 N–H and O–H groups in total. The molecule has 15 nitrogen and oxygen atoms in total. The van der Waals surface area contributed by atoms with Crippen LogP contribution in [0.3, 0.4) is 0 Å². The molecule has 3 aliphatic heterocycles. The van der Waals surface area contributed by atoms with Gasteiger partial charge in [0.15, 0.2) is 0 Å². The first-order valence-electron chi connectivity index (χ1n) is 22.9. The predicted octanol–water partition coefficient (Wildman–Crippen LogP) is 8.07. The number of H-pyrrole nitrogens is 2. The van der Waals surface area contributed by atoms with Gasteiger partial charge in [-0.25, -0.2) is 19.6 Å². The number of imidazole rings is 2. The van der Waals surface area contributed by atoms with E-state index in [0.29, 0.717) is 39.1 Å². The lowest BCUT2D eigenvalue weighted by molar-refractivity contribution is -0.137. The number of nitrogens with zero attached hydrogens (tertiary/aromatic N) is 4. The number of rotatable bonds is 11. The number of aromatic nitrogens is 4. The molecule has 336 valence electrons. The molecule has 4 amide bonds. The summed E-state index contributed by atoms with van der Waals surface area (Å²) in [4.78, 5) is 73.0. The molecule has 3 saturated heterocycles. The van der Waals surface area contributed by atoms with Crippen LogP contribution < -0.4 is 10.6 Å². The monoisotopic (exact) mass is 870 g/mol. The van der Waals surface area contributed by atoms with E-state index in [1.165, 1.54) is 14.2 Å². The Morgan fingerprint density at radius 1 is 0.594 bits per heavy atom. The summed E-state index contributed by atoms with van der Waals surface area (Å²) < 4.78 is 15.3. The van der Waals surface area contributed by atoms with Crippen molar-refractivity contribution in [3.63, 3.8) is 0 Å². The molecule has 4 fully saturated rings. The van der Waals surface area contributed by atoms with Gasteiger partial charge in [-0.15, -0.1) is 0 Å². The third-order valence-electron chi connectivity index (χ3n) is 13.9. The van der Waals surface area contributed by atoms with Crippen molar-refractivity contribution in [2.75, 3.05) is 40.5 Å². The third-order valence-corrected chi connectivity index (χ3v) is 13.9. The van der Waals surface area contributed by atoms with Gasteiger partial charge < -0.3 is 44.6 Å². The molecule has 4 atom stereocenters. The van der Waals surface area contributed by atoms with Gasteiger partial charge in [0.05, 0.1) is 50.1 Å². The second-order valence-electron chi connectivity index (χ2n) is 17.7. The van der Waals surface area contributed by atoms with Crippen LogP contribution in [-0.4, -0.2) is 106 Å². The molecule has 0 spiro atoms. The standard InChI is InChI=1S/C49H58N8O7/c1-62-48(60)54-42(32-8-4-3-5-9-32)46(58)56-22-7-11-41(56)45-51-29-39(53-45)37-19-18-35-26-34(16-17-36(35)27-37)30-12-14-31(15-13-30)38-28-50-44(52-38)40-10-6-23-57(40)47(59)43(55-49(61)63-2)33-20-24-64-25-21-33/h12-19,26-29,32-33,40-43H,3-11,20-25H2,1-2H3,(H,50,52)(H,51,53)(H,54,60)(H,55,61)/t40-,41-,42-,43?/m0/s1. The first kappa shape index (κ1) is 43.1. The molecule has 15 heteroatoms. The highest BCUT2D eigenvalue weighted by Crippen LogP contribution is 2.37. The van der Waals surface area contributed by atoms with Crippen LogP contribution in [0.2, 0.25) is 0 Å². The minimum Gasteiger partial charge on any atom is -0.453 e. The fraction of sp³-hybridized carbons (Fsp3) is 0.469. The highest BCUT2D eigenvalue weighted by molar-refractivity contribution is 5.91. The van der Waals surface area contributed by atoms with Crippen molar-refractivity contribution < 1.29 is 33.4 Å². The number of amides is 4. The van der Waals surface area contributed by atoms with E-state index >= 15 is 0 Å². The molecular formula is C49H58N8O7. The van der Waals surface area contributed by atoms with Gasteiger partial charge >= 0.3 is 12.2 Å². The second-order valence-corrected chi connectivity index (χ2v) is 17.7. The molecule has 1 unspecified atom stereocenters. The number of carbonyl (C=O) groups is 4. The smallest absolute Gasteiger partial charge is 0.407 e. The fourth-order valence-electron chi connectivity index (χ4n) is 10.4. The molecule has 0 bridgehead atoms. The Morgan fingerprint density at radius 2 is 1.06 bits per heavy atom. The molecule has 9 rings (SSSR count). The Labute approximate surface area is 373 Å². The Kier molecular flexibility index (Phi) is 13.0. The van der Waals surface area contributed by atoms with E-state index in [9.17, 15) is 19.2 Å². The number of hydrogen-bond donors (Lipinski definition) is 4. The highest BCUT2D eigenvalue weighted by Gasteiger charge is 2.41. The van der Waals surface area contributed by atoms with Gasteiger partial charge in [0.2, 0.25) is 11.8 Å². The lowest BCUT2D eigenvalue weighted by atomic mass is 9.83. The summed E-state index contributed by atoms with van der Waals surface area (Å²) in [6.07, 6.45) is 12.3. The van der Waals surface area contributed by atoms with E-state index in [-0.39, 0.29) is 35.7 Å². The lowest BCUT2D eigenvalue weighted by Crippen LogP contribution is -2.53. The number of methoxy groups -OCH3 is 2. The Bertz CT molecular complexity index is 2450. The van der Waals surface area contributed by atoms with Crippen molar-refractivity contribution in [2.45, 2.75) is 94.8 Å². The molecule has 64 heavy (non-hydrogen) atoms. The molecule has 3 aromatic carbocycles. The first-order valence-corrected chi connectivity index (χ1v) is 22.9. The van der Waals surface area contributed by atoms with Gasteiger partial charge in [-0.05, 0) is 103 Å². The molecule has 2 aromatic heterocycles. The van der Waals surface area contributed by atoms with E-state index in [4.69, 9.17) is 24.2 Å². The summed E-state index contributed by atoms with van der Waals surface area (Å²) in [6.45, 7) is 2.34. The van der Waals surface area contributed by atoms with Crippen molar-refractivity contribution in [3.8, 4) is 33.6 Å². The van der Waals surface area contributed by atoms with E-state index < -0.39 is 24.3 Å². The zero-order chi connectivity index (χ0) is 44.2. The highest BCUT2D eigenvalue weighted by atomic mass is 16.5. The number of fused-ring (bicyclic) bond motifs is 1. The normalized spacial score (nSPS) is 20.5. The zero-order valence-electron chi connectivity index (χ0n) is 36.6. The minimum absolute atomic E-state index is 0.0257. The van der Waals surface area contributed by atoms with Gasteiger partial charge in [0, 0.05) is 31.9 Å². The van der Waals surface area contributed by atoms with Crippen LogP contribution in [0.5, 0.6) is 0 Å².